The molecule has 19 heavy (non-hydrogen) atoms. The average Bonchev–Trinajstić information content (AvgIpc) is 2.39. The Balaban J connectivity index is 2.40. The van der Waals surface area contributed by atoms with Crippen molar-refractivity contribution in [1.82, 2.24) is 5.32 Å². The summed E-state index contributed by atoms with van der Waals surface area (Å²) in [7, 11) is 1.66. The quantitative estimate of drug-likeness (QED) is 0.706. The standard InChI is InChI=1S/C14H21Cl2NO2/c1-3-14(17-6-7-19-9-8-18-2)12-5-4-11(15)10-13(12)16/h4-5,10,14,17H,3,6-9H2,1-2H3. The minimum absolute atomic E-state index is 0.218. The molecule has 0 aliphatic heterocycles. The molecule has 0 saturated carbocycles. The van der Waals surface area contributed by atoms with Gasteiger partial charge in [0.15, 0.2) is 0 Å². The smallest absolute Gasteiger partial charge is 0.0700 e. The van der Waals surface area contributed by atoms with Gasteiger partial charge in [0.05, 0.1) is 19.8 Å². The normalized spacial score (nSPS) is 12.6. The maximum Gasteiger partial charge on any atom is 0.0700 e. The fourth-order valence-corrected chi connectivity index (χ4v) is 2.35. The molecule has 1 unspecified atom stereocenters. The van der Waals surface area contributed by atoms with E-state index in [2.05, 4.69) is 12.2 Å². The van der Waals surface area contributed by atoms with E-state index in [-0.39, 0.29) is 6.04 Å². The third-order valence-corrected chi connectivity index (χ3v) is 3.38. The van der Waals surface area contributed by atoms with Crippen molar-refractivity contribution in [3.05, 3.63) is 33.8 Å². The molecule has 1 atom stereocenters. The van der Waals surface area contributed by atoms with E-state index in [0.29, 0.717) is 29.9 Å². The molecule has 0 bridgehead atoms. The summed E-state index contributed by atoms with van der Waals surface area (Å²) >= 11 is 12.1. The predicted molar refractivity (Wildman–Crippen MR) is 80.2 cm³/mol. The second-order valence-corrected chi connectivity index (χ2v) is 5.03. The Morgan fingerprint density at radius 1 is 1.21 bits per heavy atom. The van der Waals surface area contributed by atoms with Gasteiger partial charge in [-0.3, -0.25) is 0 Å². The van der Waals surface area contributed by atoms with Crippen LogP contribution in [0, 0.1) is 0 Å². The minimum Gasteiger partial charge on any atom is -0.382 e. The van der Waals surface area contributed by atoms with Crippen LogP contribution in [0.5, 0.6) is 0 Å². The number of nitrogens with one attached hydrogen (secondary N) is 1. The monoisotopic (exact) mass is 305 g/mol. The molecule has 0 heterocycles. The van der Waals surface area contributed by atoms with Gasteiger partial charge in [0.25, 0.3) is 0 Å². The summed E-state index contributed by atoms with van der Waals surface area (Å²) in [5, 5.41) is 4.79. The van der Waals surface area contributed by atoms with Crippen LogP contribution in [0.3, 0.4) is 0 Å². The van der Waals surface area contributed by atoms with E-state index in [1.807, 2.05) is 12.1 Å². The number of halogens is 2. The number of rotatable bonds is 9. The number of ether oxygens (including phenoxy) is 2. The largest absolute Gasteiger partial charge is 0.382 e. The fraction of sp³-hybridized carbons (Fsp3) is 0.571. The van der Waals surface area contributed by atoms with Crippen molar-refractivity contribution < 1.29 is 9.47 Å². The Bertz CT molecular complexity index is 374. The maximum absolute atomic E-state index is 6.21. The van der Waals surface area contributed by atoms with Crippen molar-refractivity contribution in [2.75, 3.05) is 33.5 Å². The molecule has 1 rings (SSSR count). The molecule has 0 fully saturated rings. The molecule has 3 nitrogen and oxygen atoms in total. The van der Waals surface area contributed by atoms with E-state index in [1.165, 1.54) is 0 Å². The van der Waals surface area contributed by atoms with Crippen LogP contribution in [-0.4, -0.2) is 33.5 Å². The lowest BCUT2D eigenvalue weighted by Crippen LogP contribution is -2.25. The lowest BCUT2D eigenvalue weighted by atomic mass is 10.0. The minimum atomic E-state index is 0.218. The van der Waals surface area contributed by atoms with E-state index in [0.717, 1.165) is 18.5 Å². The van der Waals surface area contributed by atoms with Crippen molar-refractivity contribution in [2.45, 2.75) is 19.4 Å². The van der Waals surface area contributed by atoms with Crippen LogP contribution >= 0.6 is 23.2 Å². The summed E-state index contributed by atoms with van der Waals surface area (Å²) in [6.45, 7) is 4.80. The molecule has 1 N–H and O–H groups in total. The zero-order chi connectivity index (χ0) is 14.1. The van der Waals surface area contributed by atoms with Gasteiger partial charge in [-0.05, 0) is 24.1 Å². The summed E-state index contributed by atoms with van der Waals surface area (Å²) in [5.74, 6) is 0. The van der Waals surface area contributed by atoms with Gasteiger partial charge in [-0.15, -0.1) is 0 Å². The van der Waals surface area contributed by atoms with E-state index in [4.69, 9.17) is 32.7 Å². The Morgan fingerprint density at radius 2 is 2.00 bits per heavy atom. The zero-order valence-electron chi connectivity index (χ0n) is 11.4. The third kappa shape index (κ3) is 6.11. The first-order valence-corrected chi connectivity index (χ1v) is 7.19. The van der Waals surface area contributed by atoms with Gasteiger partial charge in [0.2, 0.25) is 0 Å². The second kappa shape index (κ2) is 9.56. The maximum atomic E-state index is 6.21. The average molecular weight is 306 g/mol. The van der Waals surface area contributed by atoms with Gasteiger partial charge in [0.1, 0.15) is 0 Å². The lowest BCUT2D eigenvalue weighted by Gasteiger charge is -2.19. The van der Waals surface area contributed by atoms with Crippen molar-refractivity contribution >= 4 is 23.2 Å². The van der Waals surface area contributed by atoms with E-state index in [1.54, 1.807) is 13.2 Å². The Hall–Kier alpha value is -0.320. The highest BCUT2D eigenvalue weighted by Crippen LogP contribution is 2.27. The highest BCUT2D eigenvalue weighted by atomic mass is 35.5. The van der Waals surface area contributed by atoms with Crippen molar-refractivity contribution in [2.24, 2.45) is 0 Å². The second-order valence-electron chi connectivity index (χ2n) is 4.19. The number of methoxy groups -OCH3 is 1. The SMILES string of the molecule is CCC(NCCOCCOC)c1ccc(Cl)cc1Cl. The molecular formula is C14H21Cl2NO2. The summed E-state index contributed by atoms with van der Waals surface area (Å²) in [4.78, 5) is 0. The predicted octanol–water partition coefficient (Wildman–Crippen LogP) is 3.70. The van der Waals surface area contributed by atoms with Crippen LogP contribution < -0.4 is 5.32 Å². The molecule has 0 saturated heterocycles. The summed E-state index contributed by atoms with van der Waals surface area (Å²) < 4.78 is 10.3. The third-order valence-electron chi connectivity index (χ3n) is 2.82. The first-order chi connectivity index (χ1) is 9.19. The topological polar surface area (TPSA) is 30.5 Å². The van der Waals surface area contributed by atoms with Crippen LogP contribution in [0.2, 0.25) is 10.0 Å². The molecule has 108 valence electrons. The van der Waals surface area contributed by atoms with E-state index in [9.17, 15) is 0 Å². The van der Waals surface area contributed by atoms with Crippen LogP contribution in [0.25, 0.3) is 0 Å². The summed E-state index contributed by atoms with van der Waals surface area (Å²) in [5.41, 5.74) is 1.07. The molecule has 0 aliphatic carbocycles. The van der Waals surface area contributed by atoms with Gasteiger partial charge in [-0.2, -0.15) is 0 Å². The van der Waals surface area contributed by atoms with Gasteiger partial charge < -0.3 is 14.8 Å². The highest BCUT2D eigenvalue weighted by Gasteiger charge is 2.12. The molecule has 0 aliphatic rings. The number of hydrogen-bond donors (Lipinski definition) is 1. The molecule has 5 heteroatoms. The summed E-state index contributed by atoms with van der Waals surface area (Å²) in [6, 6.07) is 5.83. The molecule has 0 radical (unpaired) electrons. The van der Waals surface area contributed by atoms with Gasteiger partial charge >= 0.3 is 0 Å². The van der Waals surface area contributed by atoms with E-state index < -0.39 is 0 Å². The first kappa shape index (κ1) is 16.7. The van der Waals surface area contributed by atoms with Crippen LogP contribution in [-0.2, 0) is 9.47 Å². The van der Waals surface area contributed by atoms with Crippen molar-refractivity contribution in [3.8, 4) is 0 Å². The van der Waals surface area contributed by atoms with E-state index >= 15 is 0 Å². The Morgan fingerprint density at radius 3 is 2.63 bits per heavy atom. The number of hydrogen-bond acceptors (Lipinski definition) is 3. The van der Waals surface area contributed by atoms with Crippen LogP contribution in [0.1, 0.15) is 24.9 Å². The fourth-order valence-electron chi connectivity index (χ4n) is 1.81. The Labute approximate surface area is 125 Å². The molecule has 1 aromatic rings. The molecule has 0 spiro atoms. The summed E-state index contributed by atoms with van der Waals surface area (Å²) in [6.07, 6.45) is 0.958. The molecule has 0 amide bonds. The first-order valence-electron chi connectivity index (χ1n) is 6.44. The molecule has 1 aromatic carbocycles. The van der Waals surface area contributed by atoms with Gasteiger partial charge in [-0.25, -0.2) is 0 Å². The van der Waals surface area contributed by atoms with Crippen molar-refractivity contribution in [1.29, 1.82) is 0 Å². The zero-order valence-corrected chi connectivity index (χ0v) is 12.9. The van der Waals surface area contributed by atoms with Crippen LogP contribution in [0.15, 0.2) is 18.2 Å². The van der Waals surface area contributed by atoms with Crippen molar-refractivity contribution in [3.63, 3.8) is 0 Å². The molecular weight excluding hydrogens is 285 g/mol. The highest BCUT2D eigenvalue weighted by molar-refractivity contribution is 6.35. The lowest BCUT2D eigenvalue weighted by molar-refractivity contribution is 0.0710. The molecule has 0 aromatic heterocycles. The number of benzene rings is 1. The van der Waals surface area contributed by atoms with Crippen LogP contribution in [0.4, 0.5) is 0 Å². The van der Waals surface area contributed by atoms with Gasteiger partial charge in [-0.1, -0.05) is 36.2 Å². The Kier molecular flexibility index (Phi) is 8.42. The van der Waals surface area contributed by atoms with Gasteiger partial charge in [0, 0.05) is 29.7 Å².